The average molecular weight is 563 g/mol. The van der Waals surface area contributed by atoms with Crippen molar-refractivity contribution in [3.63, 3.8) is 0 Å². The fourth-order valence-electron chi connectivity index (χ4n) is 6.61. The smallest absolute Gasteiger partial charge is 0.243 e. The lowest BCUT2D eigenvalue weighted by atomic mass is 9.87. The SMILES string of the molecule is COc1cc(C)c(S(=O)(=O)N(C)CCC(=O)N[C@H]2CC[C@H](N3CCC(CN(C)CC4CC4)CC3)CC2)c(C)c1. The minimum Gasteiger partial charge on any atom is -0.497 e. The van der Waals surface area contributed by atoms with E-state index in [0.29, 0.717) is 27.8 Å². The number of carbonyl (C=O) groups excluding carboxylic acids is 1. The third-order valence-corrected chi connectivity index (χ3v) is 11.2. The molecule has 0 bridgehead atoms. The Balaban J connectivity index is 1.16. The van der Waals surface area contributed by atoms with E-state index in [1.807, 2.05) is 0 Å². The van der Waals surface area contributed by atoms with Gasteiger partial charge < -0.3 is 19.9 Å². The molecule has 39 heavy (non-hydrogen) atoms. The molecule has 1 aliphatic heterocycles. The van der Waals surface area contributed by atoms with Crippen molar-refractivity contribution in [3.8, 4) is 5.75 Å². The molecule has 1 aromatic rings. The number of nitrogens with one attached hydrogen (secondary N) is 1. The zero-order chi connectivity index (χ0) is 28.2. The van der Waals surface area contributed by atoms with Crippen LogP contribution in [0.15, 0.2) is 17.0 Å². The van der Waals surface area contributed by atoms with Gasteiger partial charge >= 0.3 is 0 Å². The van der Waals surface area contributed by atoms with E-state index in [0.717, 1.165) is 37.5 Å². The van der Waals surface area contributed by atoms with Crippen LogP contribution >= 0.6 is 0 Å². The molecule has 1 N–H and O–H groups in total. The third kappa shape index (κ3) is 8.18. The fraction of sp³-hybridized carbons (Fsp3) is 0.767. The summed E-state index contributed by atoms with van der Waals surface area (Å²) in [5, 5.41) is 3.17. The molecular weight excluding hydrogens is 512 g/mol. The number of hydrogen-bond acceptors (Lipinski definition) is 6. The molecule has 0 radical (unpaired) electrons. The van der Waals surface area contributed by atoms with Gasteiger partial charge in [-0.05, 0) is 120 Å². The molecule has 4 rings (SSSR count). The van der Waals surface area contributed by atoms with E-state index in [2.05, 4.69) is 22.2 Å². The molecule has 2 saturated carbocycles. The van der Waals surface area contributed by atoms with Gasteiger partial charge in [0.1, 0.15) is 5.75 Å². The van der Waals surface area contributed by atoms with Gasteiger partial charge in [-0.15, -0.1) is 0 Å². The minimum absolute atomic E-state index is 0.0696. The molecule has 1 aromatic carbocycles. The normalized spacial score (nSPS) is 23.4. The van der Waals surface area contributed by atoms with Crippen molar-refractivity contribution < 1.29 is 17.9 Å². The van der Waals surface area contributed by atoms with Crippen LogP contribution in [0.5, 0.6) is 5.75 Å². The van der Waals surface area contributed by atoms with Crippen LogP contribution in [-0.2, 0) is 14.8 Å². The summed E-state index contributed by atoms with van der Waals surface area (Å²) in [5.41, 5.74) is 1.29. The van der Waals surface area contributed by atoms with Gasteiger partial charge in [0.25, 0.3) is 0 Å². The molecule has 0 unspecified atom stereocenters. The van der Waals surface area contributed by atoms with Gasteiger partial charge in [-0.1, -0.05) is 0 Å². The largest absolute Gasteiger partial charge is 0.497 e. The molecule has 3 fully saturated rings. The number of benzene rings is 1. The maximum absolute atomic E-state index is 13.2. The van der Waals surface area contributed by atoms with Crippen molar-refractivity contribution in [2.75, 3.05) is 53.9 Å². The Hall–Kier alpha value is -1.68. The lowest BCUT2D eigenvalue weighted by molar-refractivity contribution is -0.122. The van der Waals surface area contributed by atoms with Crippen LogP contribution in [0.2, 0.25) is 0 Å². The summed E-state index contributed by atoms with van der Waals surface area (Å²) in [7, 11) is 1.71. The van der Waals surface area contributed by atoms with Crippen LogP contribution in [0.1, 0.15) is 68.9 Å². The zero-order valence-electron chi connectivity index (χ0n) is 24.7. The number of rotatable bonds is 12. The molecule has 1 saturated heterocycles. The Morgan fingerprint density at radius 3 is 2.05 bits per heavy atom. The zero-order valence-corrected chi connectivity index (χ0v) is 25.6. The van der Waals surface area contributed by atoms with Crippen molar-refractivity contribution in [1.29, 1.82) is 0 Å². The number of piperidine rings is 1. The van der Waals surface area contributed by atoms with E-state index in [9.17, 15) is 13.2 Å². The Kier molecular flexibility index (Phi) is 10.3. The maximum Gasteiger partial charge on any atom is 0.243 e. The molecule has 2 aliphatic carbocycles. The lowest BCUT2D eigenvalue weighted by Crippen LogP contribution is -2.47. The highest BCUT2D eigenvalue weighted by atomic mass is 32.2. The number of carbonyl (C=O) groups is 1. The number of likely N-dealkylation sites (tertiary alicyclic amines) is 1. The van der Waals surface area contributed by atoms with Crippen LogP contribution in [0.25, 0.3) is 0 Å². The summed E-state index contributed by atoms with van der Waals surface area (Å²) in [6.45, 7) is 8.64. The molecule has 0 aromatic heterocycles. The van der Waals surface area contributed by atoms with Gasteiger partial charge in [-0.2, -0.15) is 0 Å². The summed E-state index contributed by atoms with van der Waals surface area (Å²) in [6, 6.07) is 4.28. The van der Waals surface area contributed by atoms with E-state index < -0.39 is 10.0 Å². The standard InChI is InChI=1S/C30H50N4O4S/c1-22-18-28(38-5)19-23(2)30(22)39(36,37)33(4)15-14-29(35)31-26-8-10-27(11-9-26)34-16-12-25(13-17-34)21-32(3)20-24-6-7-24/h18-19,24-27H,6-17,20-21H2,1-5H3,(H,31,35)/t26-,27-. The monoisotopic (exact) mass is 562 g/mol. The number of nitrogens with zero attached hydrogens (tertiary/aromatic N) is 3. The topological polar surface area (TPSA) is 82.2 Å². The molecule has 9 heteroatoms. The summed E-state index contributed by atoms with van der Waals surface area (Å²) in [5.74, 6) is 2.37. The second-order valence-electron chi connectivity index (χ2n) is 12.4. The number of sulfonamides is 1. The summed E-state index contributed by atoms with van der Waals surface area (Å²) in [6.07, 6.45) is 9.87. The number of methoxy groups -OCH3 is 1. The van der Waals surface area contributed by atoms with E-state index in [1.54, 1.807) is 40.1 Å². The van der Waals surface area contributed by atoms with Gasteiger partial charge in [-0.25, -0.2) is 12.7 Å². The lowest BCUT2D eigenvalue weighted by Gasteiger charge is -2.41. The van der Waals surface area contributed by atoms with Crippen LogP contribution < -0.4 is 10.1 Å². The third-order valence-electron chi connectivity index (χ3n) is 9.06. The molecule has 8 nitrogen and oxygen atoms in total. The minimum atomic E-state index is -3.70. The quantitative estimate of drug-likeness (QED) is 0.417. The molecular formula is C30H50N4O4S. The highest BCUT2D eigenvalue weighted by Crippen LogP contribution is 2.31. The van der Waals surface area contributed by atoms with Crippen LogP contribution in [0, 0.1) is 25.7 Å². The molecule has 1 amide bonds. The van der Waals surface area contributed by atoms with Gasteiger partial charge in [0.05, 0.1) is 12.0 Å². The first-order valence-corrected chi connectivity index (χ1v) is 16.3. The summed E-state index contributed by atoms with van der Waals surface area (Å²) < 4.78 is 33.0. The van der Waals surface area contributed by atoms with Crippen molar-refractivity contribution >= 4 is 15.9 Å². The van der Waals surface area contributed by atoms with Crippen molar-refractivity contribution in [2.24, 2.45) is 11.8 Å². The number of aryl methyl sites for hydroxylation is 2. The predicted octanol–water partition coefficient (Wildman–Crippen LogP) is 3.80. The molecule has 0 atom stereocenters. The maximum atomic E-state index is 13.2. The van der Waals surface area contributed by atoms with Crippen molar-refractivity contribution in [2.45, 2.75) is 88.6 Å². The first-order chi connectivity index (χ1) is 18.6. The Labute approximate surface area is 236 Å². The Bertz CT molecular complexity index is 1050. The van der Waals surface area contributed by atoms with Crippen LogP contribution in [0.4, 0.5) is 0 Å². The number of hydrogen-bond donors (Lipinski definition) is 1. The number of ether oxygens (including phenoxy) is 1. The predicted molar refractivity (Wildman–Crippen MR) is 156 cm³/mol. The van der Waals surface area contributed by atoms with Crippen molar-refractivity contribution in [1.82, 2.24) is 19.4 Å². The average Bonchev–Trinajstić information content (AvgIpc) is 3.71. The van der Waals surface area contributed by atoms with E-state index >= 15 is 0 Å². The first kappa shape index (κ1) is 30.3. The Morgan fingerprint density at radius 2 is 1.51 bits per heavy atom. The van der Waals surface area contributed by atoms with Gasteiger partial charge in [0.2, 0.25) is 15.9 Å². The molecule has 3 aliphatic rings. The summed E-state index contributed by atoms with van der Waals surface area (Å²) >= 11 is 0. The Morgan fingerprint density at radius 1 is 0.949 bits per heavy atom. The first-order valence-electron chi connectivity index (χ1n) is 14.9. The highest BCUT2D eigenvalue weighted by molar-refractivity contribution is 7.89. The van der Waals surface area contributed by atoms with Gasteiger partial charge in [-0.3, -0.25) is 4.79 Å². The second kappa shape index (κ2) is 13.3. The fourth-order valence-corrected chi connectivity index (χ4v) is 8.19. The number of amides is 1. The van der Waals surface area contributed by atoms with Gasteiger partial charge in [0, 0.05) is 45.2 Å². The summed E-state index contributed by atoms with van der Waals surface area (Å²) in [4.78, 5) is 18.3. The molecule has 1 heterocycles. The van der Waals surface area contributed by atoms with E-state index in [1.165, 1.54) is 56.2 Å². The van der Waals surface area contributed by atoms with Crippen LogP contribution in [-0.4, -0.2) is 94.4 Å². The van der Waals surface area contributed by atoms with Crippen molar-refractivity contribution in [3.05, 3.63) is 23.3 Å². The van der Waals surface area contributed by atoms with Crippen LogP contribution in [0.3, 0.4) is 0 Å². The van der Waals surface area contributed by atoms with Gasteiger partial charge in [0.15, 0.2) is 0 Å². The molecule has 220 valence electrons. The second-order valence-corrected chi connectivity index (χ2v) is 14.4. The molecule has 0 spiro atoms. The van der Waals surface area contributed by atoms with E-state index in [4.69, 9.17) is 4.74 Å². The van der Waals surface area contributed by atoms with E-state index in [-0.39, 0.29) is 24.9 Å². The highest BCUT2D eigenvalue weighted by Gasteiger charge is 2.31.